The first-order valence-corrected chi connectivity index (χ1v) is 8.86. The summed E-state index contributed by atoms with van der Waals surface area (Å²) in [6, 6.07) is 7.86. The first kappa shape index (κ1) is 21.7. The van der Waals surface area contributed by atoms with Gasteiger partial charge < -0.3 is 19.7 Å². The van der Waals surface area contributed by atoms with Gasteiger partial charge in [0.15, 0.2) is 0 Å². The van der Waals surface area contributed by atoms with E-state index >= 15 is 0 Å². The number of halogens is 3. The number of carboxylic acid groups (broad SMARTS) is 1. The molecule has 1 aromatic heterocycles. The Kier molecular flexibility index (Phi) is 7.80. The second-order valence-corrected chi connectivity index (χ2v) is 6.27. The van der Waals surface area contributed by atoms with Gasteiger partial charge in [0, 0.05) is 12.0 Å². The van der Waals surface area contributed by atoms with Gasteiger partial charge in [-0.25, -0.2) is 4.79 Å². The summed E-state index contributed by atoms with van der Waals surface area (Å²) in [5.74, 6) is 0.133. The molecule has 2 N–H and O–H groups in total. The Hall–Kier alpha value is -2.62. The van der Waals surface area contributed by atoms with Crippen molar-refractivity contribution in [1.82, 2.24) is 15.5 Å². The Bertz CT molecular complexity index is 743. The maximum atomic E-state index is 10.6. The van der Waals surface area contributed by atoms with E-state index in [-0.39, 0.29) is 0 Å². The van der Waals surface area contributed by atoms with Crippen molar-refractivity contribution in [3.05, 3.63) is 30.2 Å². The van der Waals surface area contributed by atoms with Crippen molar-refractivity contribution >= 4 is 5.97 Å². The predicted octanol–water partition coefficient (Wildman–Crippen LogP) is 3.31. The molecule has 28 heavy (non-hydrogen) atoms. The van der Waals surface area contributed by atoms with E-state index in [4.69, 9.17) is 19.2 Å². The molecule has 2 heterocycles. The molecule has 0 aliphatic carbocycles. The van der Waals surface area contributed by atoms with Crippen molar-refractivity contribution in [2.75, 3.05) is 19.7 Å². The zero-order chi connectivity index (χ0) is 20.6. The van der Waals surface area contributed by atoms with Crippen LogP contribution in [-0.4, -0.2) is 47.1 Å². The lowest BCUT2D eigenvalue weighted by Crippen LogP contribution is -2.43. The third kappa shape index (κ3) is 6.84. The monoisotopic (exact) mass is 401 g/mol. The maximum Gasteiger partial charge on any atom is 0.490 e. The largest absolute Gasteiger partial charge is 0.494 e. The van der Waals surface area contributed by atoms with Crippen molar-refractivity contribution < 1.29 is 32.3 Å². The van der Waals surface area contributed by atoms with Gasteiger partial charge in [0.2, 0.25) is 11.7 Å². The van der Waals surface area contributed by atoms with Gasteiger partial charge in [-0.05, 0) is 49.7 Å². The Balaban J connectivity index is 0.000000345. The van der Waals surface area contributed by atoms with E-state index < -0.39 is 12.1 Å². The topological polar surface area (TPSA) is 97.5 Å². The SMILES string of the molecule is CCCCOc1ccc(-c2noc(CC3CNC3)n2)cc1.O=C(O)C(F)(F)F. The van der Waals surface area contributed by atoms with Crippen LogP contribution in [0.4, 0.5) is 13.2 Å². The molecule has 1 aromatic carbocycles. The van der Waals surface area contributed by atoms with Crippen LogP contribution in [0.1, 0.15) is 25.7 Å². The zero-order valence-electron chi connectivity index (χ0n) is 15.3. The van der Waals surface area contributed by atoms with Gasteiger partial charge in [-0.1, -0.05) is 18.5 Å². The molecule has 10 heteroatoms. The standard InChI is InChI=1S/C16H21N3O2.C2HF3O2/c1-2-3-8-20-14-6-4-13(5-7-14)16-18-15(21-19-16)9-12-10-17-11-12;3-2(4,5)1(6)7/h4-7,12,17H,2-3,8-11H2,1H3;(H,6,7). The molecule has 154 valence electrons. The summed E-state index contributed by atoms with van der Waals surface area (Å²) < 4.78 is 42.7. The molecule has 0 bridgehead atoms. The molecule has 0 spiro atoms. The predicted molar refractivity (Wildman–Crippen MR) is 93.9 cm³/mol. The normalized spacial score (nSPS) is 14.0. The lowest BCUT2D eigenvalue weighted by atomic mass is 10.00. The number of nitrogens with one attached hydrogen (secondary N) is 1. The lowest BCUT2D eigenvalue weighted by molar-refractivity contribution is -0.192. The van der Waals surface area contributed by atoms with Crippen LogP contribution in [0, 0.1) is 5.92 Å². The summed E-state index contributed by atoms with van der Waals surface area (Å²) in [5, 5.41) is 14.4. The summed E-state index contributed by atoms with van der Waals surface area (Å²) >= 11 is 0. The number of ether oxygens (including phenoxy) is 1. The van der Waals surface area contributed by atoms with Gasteiger partial charge >= 0.3 is 12.1 Å². The number of carboxylic acids is 1. The summed E-state index contributed by atoms with van der Waals surface area (Å²) in [6.07, 6.45) is -2.01. The van der Waals surface area contributed by atoms with Crippen LogP contribution in [0.25, 0.3) is 11.4 Å². The number of hydrogen-bond acceptors (Lipinski definition) is 6. The van der Waals surface area contributed by atoms with Crippen molar-refractivity contribution in [3.63, 3.8) is 0 Å². The summed E-state index contributed by atoms with van der Waals surface area (Å²) in [4.78, 5) is 13.4. The summed E-state index contributed by atoms with van der Waals surface area (Å²) in [7, 11) is 0. The van der Waals surface area contributed by atoms with Crippen LogP contribution in [0.5, 0.6) is 5.75 Å². The van der Waals surface area contributed by atoms with E-state index in [1.165, 1.54) is 0 Å². The van der Waals surface area contributed by atoms with Crippen molar-refractivity contribution in [1.29, 1.82) is 0 Å². The summed E-state index contributed by atoms with van der Waals surface area (Å²) in [5.41, 5.74) is 0.958. The number of rotatable bonds is 7. The van der Waals surface area contributed by atoms with E-state index in [1.54, 1.807) is 0 Å². The Morgan fingerprint density at radius 2 is 1.96 bits per heavy atom. The molecule has 0 unspecified atom stereocenters. The molecule has 0 atom stereocenters. The molecule has 2 aromatic rings. The molecular formula is C18H22F3N3O4. The van der Waals surface area contributed by atoms with E-state index in [0.717, 1.165) is 56.2 Å². The first-order valence-electron chi connectivity index (χ1n) is 8.86. The average Bonchev–Trinajstić information content (AvgIpc) is 3.07. The number of alkyl halides is 3. The van der Waals surface area contributed by atoms with Crippen LogP contribution in [0.3, 0.4) is 0 Å². The fourth-order valence-corrected chi connectivity index (χ4v) is 2.23. The lowest BCUT2D eigenvalue weighted by Gasteiger charge is -2.25. The Labute approximate surface area is 159 Å². The van der Waals surface area contributed by atoms with Gasteiger partial charge in [0.25, 0.3) is 0 Å². The van der Waals surface area contributed by atoms with E-state index in [2.05, 4.69) is 22.4 Å². The molecule has 0 amide bonds. The molecule has 1 aliphatic heterocycles. The van der Waals surface area contributed by atoms with Gasteiger partial charge in [0.1, 0.15) is 5.75 Å². The molecule has 1 aliphatic rings. The molecule has 0 saturated carbocycles. The number of unbranched alkanes of at least 4 members (excludes halogenated alkanes) is 1. The highest BCUT2D eigenvalue weighted by atomic mass is 19.4. The van der Waals surface area contributed by atoms with Crippen LogP contribution >= 0.6 is 0 Å². The number of aromatic nitrogens is 2. The number of hydrogen-bond donors (Lipinski definition) is 2. The van der Waals surface area contributed by atoms with E-state index in [9.17, 15) is 13.2 Å². The highest BCUT2D eigenvalue weighted by Gasteiger charge is 2.38. The Morgan fingerprint density at radius 3 is 2.46 bits per heavy atom. The van der Waals surface area contributed by atoms with Crippen molar-refractivity contribution in [3.8, 4) is 17.1 Å². The number of aliphatic carboxylic acids is 1. The van der Waals surface area contributed by atoms with Gasteiger partial charge in [-0.3, -0.25) is 0 Å². The van der Waals surface area contributed by atoms with Crippen LogP contribution in [-0.2, 0) is 11.2 Å². The molecule has 0 radical (unpaired) electrons. The molecular weight excluding hydrogens is 379 g/mol. The number of carbonyl (C=O) groups is 1. The maximum absolute atomic E-state index is 10.6. The van der Waals surface area contributed by atoms with Crippen molar-refractivity contribution in [2.24, 2.45) is 5.92 Å². The van der Waals surface area contributed by atoms with Crippen LogP contribution < -0.4 is 10.1 Å². The second kappa shape index (κ2) is 10.1. The smallest absolute Gasteiger partial charge is 0.490 e. The third-order valence-corrected chi connectivity index (χ3v) is 3.92. The minimum absolute atomic E-state index is 0.632. The first-order chi connectivity index (χ1) is 13.3. The number of benzene rings is 1. The molecule has 1 fully saturated rings. The van der Waals surface area contributed by atoms with Gasteiger partial charge in [0.05, 0.1) is 6.61 Å². The molecule has 1 saturated heterocycles. The average molecular weight is 401 g/mol. The van der Waals surface area contributed by atoms with Crippen molar-refractivity contribution in [2.45, 2.75) is 32.4 Å². The zero-order valence-corrected chi connectivity index (χ0v) is 15.3. The van der Waals surface area contributed by atoms with Crippen LogP contribution in [0.2, 0.25) is 0 Å². The van der Waals surface area contributed by atoms with Gasteiger partial charge in [-0.15, -0.1) is 0 Å². The minimum atomic E-state index is -5.08. The highest BCUT2D eigenvalue weighted by molar-refractivity contribution is 5.73. The van der Waals surface area contributed by atoms with Crippen LogP contribution in [0.15, 0.2) is 28.8 Å². The van der Waals surface area contributed by atoms with Gasteiger partial charge in [-0.2, -0.15) is 18.2 Å². The fraction of sp³-hybridized carbons (Fsp3) is 0.500. The number of nitrogens with zero attached hydrogens (tertiary/aromatic N) is 2. The third-order valence-electron chi connectivity index (χ3n) is 3.92. The minimum Gasteiger partial charge on any atom is -0.494 e. The fourth-order valence-electron chi connectivity index (χ4n) is 2.23. The highest BCUT2D eigenvalue weighted by Crippen LogP contribution is 2.21. The van der Waals surface area contributed by atoms with E-state index in [1.807, 2.05) is 24.3 Å². The summed E-state index contributed by atoms with van der Waals surface area (Å²) in [6.45, 7) is 5.00. The molecule has 7 nitrogen and oxygen atoms in total. The van der Waals surface area contributed by atoms with E-state index in [0.29, 0.717) is 11.7 Å². The second-order valence-electron chi connectivity index (χ2n) is 6.27. The Morgan fingerprint density at radius 1 is 1.32 bits per heavy atom. The quantitative estimate of drug-likeness (QED) is 0.687. The molecule has 3 rings (SSSR count).